The Balaban J connectivity index is 0.00000423. The van der Waals surface area contributed by atoms with Crippen LogP contribution >= 0.6 is 0 Å². The van der Waals surface area contributed by atoms with Gasteiger partial charge < -0.3 is 14.8 Å². The van der Waals surface area contributed by atoms with E-state index in [1.54, 1.807) is 31.3 Å². The van der Waals surface area contributed by atoms with Gasteiger partial charge in [-0.05, 0) is 64.5 Å². The van der Waals surface area contributed by atoms with Gasteiger partial charge in [0.25, 0.3) is 11.7 Å². The fourth-order valence-corrected chi connectivity index (χ4v) is 5.56. The molecule has 4 heterocycles. The number of hydrogen-bond acceptors (Lipinski definition) is 10. The van der Waals surface area contributed by atoms with Gasteiger partial charge in [-0.25, -0.2) is 32.7 Å². The summed E-state index contributed by atoms with van der Waals surface area (Å²) in [5, 5.41) is 14.7. The first-order chi connectivity index (χ1) is 19.8. The first-order valence-electron chi connectivity index (χ1n) is 14.1. The number of hydrogen-bond donors (Lipinski definition) is 1. The van der Waals surface area contributed by atoms with Gasteiger partial charge in [0.2, 0.25) is 5.92 Å². The number of carbonyl (C=O) groups excluding carboxylic acids is 2. The Hall–Kier alpha value is -3.79. The number of methoxy groups -OCH3 is 1. The summed E-state index contributed by atoms with van der Waals surface area (Å²) >= 11 is 0. The maximum absolute atomic E-state index is 14.0. The second-order valence-electron chi connectivity index (χ2n) is 12.0. The molecule has 2 aliphatic rings. The molecule has 3 atom stereocenters. The topological polar surface area (TPSA) is 180 Å². The highest BCUT2D eigenvalue weighted by Gasteiger charge is 2.40. The van der Waals surface area contributed by atoms with Crippen molar-refractivity contribution in [2.75, 3.05) is 13.7 Å². The predicted molar refractivity (Wildman–Crippen MR) is 145 cm³/mol. The number of nitrogens with one attached hydrogen (secondary N) is 1. The normalized spacial score (nSPS) is 21.7. The Bertz CT molecular complexity index is 1430. The molecule has 1 aliphatic carbocycles. The molecule has 1 saturated heterocycles. The van der Waals surface area contributed by atoms with Crippen molar-refractivity contribution in [2.45, 2.75) is 95.9 Å². The molecule has 1 aliphatic heterocycles. The van der Waals surface area contributed by atoms with Gasteiger partial charge in [0.05, 0.1) is 42.0 Å². The molecule has 3 aromatic heterocycles. The molecule has 0 spiro atoms. The van der Waals surface area contributed by atoms with Crippen LogP contribution in [-0.4, -0.2) is 78.1 Å². The number of nitrogens with zero attached hydrogens (tertiary/aromatic N) is 8. The summed E-state index contributed by atoms with van der Waals surface area (Å²) in [5.41, 5.74) is 0.578. The summed E-state index contributed by atoms with van der Waals surface area (Å²) in [4.78, 5) is 37.2. The lowest BCUT2D eigenvalue weighted by Crippen LogP contribution is -2.45. The highest BCUT2D eigenvalue weighted by molar-refractivity contribution is 5.93. The zero-order chi connectivity index (χ0) is 30.2. The minimum absolute atomic E-state index is 0. The van der Waals surface area contributed by atoms with Gasteiger partial charge in [0.15, 0.2) is 5.69 Å². The van der Waals surface area contributed by atoms with Crippen LogP contribution in [0.2, 0.25) is 0 Å². The summed E-state index contributed by atoms with van der Waals surface area (Å²) in [6.45, 7) is 7.43. The van der Waals surface area contributed by atoms with Gasteiger partial charge in [-0.1, -0.05) is 5.16 Å². The van der Waals surface area contributed by atoms with Crippen molar-refractivity contribution < 1.29 is 32.5 Å². The number of ether oxygens (including phenoxy) is 2. The number of aromatic nitrogens is 6. The third kappa shape index (κ3) is 7.24. The molecule has 2 unspecified atom stereocenters. The first kappa shape index (κ1) is 32.1. The molecular weight excluding hydrogens is 568 g/mol. The molecule has 2 fully saturated rings. The lowest BCUT2D eigenvalue weighted by atomic mass is 9.81. The van der Waals surface area contributed by atoms with Crippen LogP contribution in [0.5, 0.6) is 0 Å². The lowest BCUT2D eigenvalue weighted by Gasteiger charge is -2.39. The average molecular weight is 605 g/mol. The maximum atomic E-state index is 14.0. The Labute approximate surface area is 247 Å². The third-order valence-corrected chi connectivity index (χ3v) is 7.80. The van der Waals surface area contributed by atoms with Gasteiger partial charge in [0.1, 0.15) is 11.3 Å². The van der Waals surface area contributed by atoms with Crippen molar-refractivity contribution in [3.63, 3.8) is 0 Å². The lowest BCUT2D eigenvalue weighted by molar-refractivity contribution is -0.0495. The Morgan fingerprint density at radius 3 is 2.51 bits per heavy atom. The van der Waals surface area contributed by atoms with Crippen molar-refractivity contribution in [1.29, 1.82) is 0 Å². The van der Waals surface area contributed by atoms with Crippen molar-refractivity contribution in [3.8, 4) is 0 Å². The Kier molecular flexibility index (Phi) is 9.30. The van der Waals surface area contributed by atoms with E-state index in [1.807, 2.05) is 20.8 Å². The number of piperidine rings is 1. The van der Waals surface area contributed by atoms with Gasteiger partial charge in [-0.2, -0.15) is 5.10 Å². The van der Waals surface area contributed by atoms with Crippen LogP contribution in [0.1, 0.15) is 99.0 Å². The van der Waals surface area contributed by atoms with E-state index < -0.39 is 35.6 Å². The minimum atomic E-state index is -2.74. The van der Waals surface area contributed by atoms with Crippen LogP contribution in [0.15, 0.2) is 17.0 Å². The summed E-state index contributed by atoms with van der Waals surface area (Å²) < 4.78 is 45.4. The van der Waals surface area contributed by atoms with Gasteiger partial charge in [-0.3, -0.25) is 9.69 Å². The van der Waals surface area contributed by atoms with E-state index in [4.69, 9.17) is 14.5 Å². The van der Waals surface area contributed by atoms with Crippen molar-refractivity contribution in [2.24, 2.45) is 5.92 Å². The van der Waals surface area contributed by atoms with E-state index >= 15 is 0 Å². The quantitative estimate of drug-likeness (QED) is 0.435. The second kappa shape index (κ2) is 12.4. The van der Waals surface area contributed by atoms with Crippen LogP contribution in [0.3, 0.4) is 0 Å². The number of rotatable bonds is 6. The summed E-state index contributed by atoms with van der Waals surface area (Å²) in [6, 6.07) is -1.17. The van der Waals surface area contributed by atoms with E-state index in [0.717, 1.165) is 0 Å². The average Bonchev–Trinajstić information content (AvgIpc) is 3.56. The third-order valence-electron chi connectivity index (χ3n) is 7.80. The van der Waals surface area contributed by atoms with E-state index in [0.29, 0.717) is 36.5 Å². The first-order valence-corrected chi connectivity index (χ1v) is 14.1. The number of aryl methyl sites for hydroxylation is 1. The molecule has 1 N–H and O–H groups in total. The molecular formula is C27H36F2N9O5. The van der Waals surface area contributed by atoms with Gasteiger partial charge >= 0.3 is 6.09 Å². The van der Waals surface area contributed by atoms with E-state index in [9.17, 15) is 18.4 Å². The van der Waals surface area contributed by atoms with Crippen LogP contribution in [0.4, 0.5) is 13.6 Å². The molecule has 3 radical (unpaired) electrons. The standard InChI is InChI=1S/C27H36F2N8O5.N/c1-15-21(35-42-34-15)23(38)33-22(16-6-9-27(28,29)10-7-16)19-14-37-24(32-19)31-18(13-30-37)20-12-17(40-5)8-11-36(20)25(39)41-26(2,3)4;/h13-14,16-17,20,22H,6-12H2,1-5H3,(H,33,38);/t17?,20?,22-;/m0./s1. The predicted octanol–water partition coefficient (Wildman–Crippen LogP) is 3.72. The number of alkyl halides is 2. The van der Waals surface area contributed by atoms with E-state index in [1.165, 1.54) is 4.52 Å². The van der Waals surface area contributed by atoms with Crippen molar-refractivity contribution in [3.05, 3.63) is 35.2 Å². The minimum Gasteiger partial charge on any atom is -0.444 e. The Morgan fingerprint density at radius 1 is 1.16 bits per heavy atom. The van der Waals surface area contributed by atoms with Crippen LogP contribution in [-0.2, 0) is 9.47 Å². The fraction of sp³-hybridized carbons (Fsp3) is 0.667. The molecule has 3 aromatic rings. The number of imidazole rings is 1. The van der Waals surface area contributed by atoms with Crippen LogP contribution in [0, 0.1) is 12.8 Å². The molecule has 5 rings (SSSR count). The van der Waals surface area contributed by atoms with Crippen molar-refractivity contribution in [1.82, 2.24) is 46.3 Å². The summed E-state index contributed by atoms with van der Waals surface area (Å²) in [5.74, 6) is -3.35. The number of halogens is 2. The van der Waals surface area contributed by atoms with Crippen LogP contribution in [0.25, 0.3) is 5.78 Å². The molecule has 233 valence electrons. The number of fused-ring (bicyclic) bond motifs is 1. The van der Waals surface area contributed by atoms with E-state index in [2.05, 4.69) is 30.3 Å². The molecule has 0 aromatic carbocycles. The number of amides is 2. The molecule has 43 heavy (non-hydrogen) atoms. The Morgan fingerprint density at radius 2 is 1.88 bits per heavy atom. The summed E-state index contributed by atoms with van der Waals surface area (Å²) in [6.07, 6.45) is 3.62. The second-order valence-corrected chi connectivity index (χ2v) is 12.0. The highest BCUT2D eigenvalue weighted by Crippen LogP contribution is 2.41. The smallest absolute Gasteiger partial charge is 0.410 e. The maximum Gasteiger partial charge on any atom is 0.410 e. The zero-order valence-electron chi connectivity index (χ0n) is 24.8. The fourth-order valence-electron chi connectivity index (χ4n) is 5.56. The highest BCUT2D eigenvalue weighted by atomic mass is 19.3. The molecule has 2 amide bonds. The monoisotopic (exact) mass is 604 g/mol. The van der Waals surface area contributed by atoms with Gasteiger partial charge in [0, 0.05) is 32.6 Å². The molecule has 0 bridgehead atoms. The van der Waals surface area contributed by atoms with Crippen molar-refractivity contribution >= 4 is 17.8 Å². The number of likely N-dealkylation sites (tertiary alicyclic amines) is 1. The summed E-state index contributed by atoms with van der Waals surface area (Å²) in [7, 11) is 1.63. The molecule has 1 saturated carbocycles. The molecule has 14 nitrogen and oxygen atoms in total. The van der Waals surface area contributed by atoms with E-state index in [-0.39, 0.29) is 55.3 Å². The SMILES string of the molecule is COC1CCN(C(=O)OC(C)(C)C)C(c2cnn3cc([C@@H](NC(=O)c4nonc4C)C4CCC(F)(F)CC4)nc3n2)C1.[N]. The van der Waals surface area contributed by atoms with Gasteiger partial charge in [-0.15, -0.1) is 0 Å². The number of carbonyl (C=O) groups is 2. The molecule has 16 heteroatoms. The van der Waals surface area contributed by atoms with Crippen LogP contribution < -0.4 is 11.5 Å². The largest absolute Gasteiger partial charge is 0.444 e. The zero-order valence-corrected chi connectivity index (χ0v) is 24.8.